The van der Waals surface area contributed by atoms with E-state index >= 15 is 0 Å². The lowest BCUT2D eigenvalue weighted by Crippen LogP contribution is -2.65. The molecule has 2 atom stereocenters. The molecule has 1 heterocycles. The number of anilines is 1. The molecule has 2 aromatic rings. The molecule has 2 amide bonds. The molecule has 1 saturated heterocycles. The summed E-state index contributed by atoms with van der Waals surface area (Å²) in [5.41, 5.74) is 1.74. The van der Waals surface area contributed by atoms with Crippen molar-refractivity contribution in [2.45, 2.75) is 38.8 Å². The topological polar surface area (TPSA) is 61.4 Å². The fourth-order valence-corrected chi connectivity index (χ4v) is 4.00. The summed E-state index contributed by atoms with van der Waals surface area (Å²) in [5, 5.41) is 6.68. The predicted molar refractivity (Wildman–Crippen MR) is 122 cm³/mol. The van der Waals surface area contributed by atoms with E-state index in [0.717, 1.165) is 5.56 Å². The van der Waals surface area contributed by atoms with Crippen molar-refractivity contribution in [1.82, 2.24) is 10.2 Å². The monoisotopic (exact) mass is 443 g/mol. The molecule has 7 heteroatoms. The van der Waals surface area contributed by atoms with Crippen molar-refractivity contribution in [2.24, 2.45) is 0 Å². The van der Waals surface area contributed by atoms with E-state index < -0.39 is 5.54 Å². The second kappa shape index (κ2) is 9.62. The molecule has 1 aliphatic rings. The van der Waals surface area contributed by atoms with Crippen LogP contribution in [-0.4, -0.2) is 41.4 Å². The van der Waals surface area contributed by atoms with Crippen LogP contribution < -0.4 is 10.6 Å². The minimum absolute atomic E-state index is 0.123. The van der Waals surface area contributed by atoms with Crippen LogP contribution in [-0.2, 0) is 16.0 Å². The quantitative estimate of drug-likeness (QED) is 0.678. The largest absolute Gasteiger partial charge is 0.331 e. The highest BCUT2D eigenvalue weighted by Gasteiger charge is 2.38. The van der Waals surface area contributed by atoms with E-state index in [9.17, 15) is 14.0 Å². The van der Waals surface area contributed by atoms with Gasteiger partial charge in [0, 0.05) is 42.8 Å². The van der Waals surface area contributed by atoms with Crippen LogP contribution in [0.5, 0.6) is 0 Å². The maximum absolute atomic E-state index is 13.3. The average molecular weight is 444 g/mol. The van der Waals surface area contributed by atoms with E-state index in [1.165, 1.54) is 25.1 Å². The number of benzene rings is 2. The Hall–Kier alpha value is -2.70. The molecule has 0 bridgehead atoms. The van der Waals surface area contributed by atoms with Gasteiger partial charge in [-0.25, -0.2) is 4.39 Å². The van der Waals surface area contributed by atoms with Gasteiger partial charge in [0.1, 0.15) is 5.82 Å². The van der Waals surface area contributed by atoms with Gasteiger partial charge in [0.05, 0.1) is 5.54 Å². The number of nitrogens with one attached hydrogen (secondary N) is 2. The summed E-state index contributed by atoms with van der Waals surface area (Å²) in [6.45, 7) is 6.67. The van der Waals surface area contributed by atoms with E-state index in [2.05, 4.69) is 10.6 Å². The standard InChI is InChI=1S/C24H27ClFN3O2/c1-16-14-29(24(3,15-27-16)13-18-4-9-21(26)10-5-18)23(31)11-7-19-6-8-20(25)12-22(19)28-17(2)30/h4-12,16,27H,13-15H2,1-3H3,(H,28,30)/t16-,24+/m1/s1. The van der Waals surface area contributed by atoms with Crippen molar-refractivity contribution < 1.29 is 14.0 Å². The molecule has 0 spiro atoms. The Morgan fingerprint density at radius 2 is 2.00 bits per heavy atom. The van der Waals surface area contributed by atoms with E-state index in [1.54, 1.807) is 36.4 Å². The Morgan fingerprint density at radius 1 is 1.29 bits per heavy atom. The molecule has 2 N–H and O–H groups in total. The molecule has 0 radical (unpaired) electrons. The normalized spacial score (nSPS) is 21.3. The molecule has 1 fully saturated rings. The summed E-state index contributed by atoms with van der Waals surface area (Å²) in [7, 11) is 0. The maximum Gasteiger partial charge on any atom is 0.247 e. The molecule has 2 aromatic carbocycles. The summed E-state index contributed by atoms with van der Waals surface area (Å²) in [6.07, 6.45) is 3.81. The fourth-order valence-electron chi connectivity index (χ4n) is 3.83. The molecule has 1 aliphatic heterocycles. The summed E-state index contributed by atoms with van der Waals surface area (Å²) in [6, 6.07) is 11.7. The Kier molecular flexibility index (Phi) is 7.13. The summed E-state index contributed by atoms with van der Waals surface area (Å²) < 4.78 is 13.3. The van der Waals surface area contributed by atoms with Gasteiger partial charge in [-0.3, -0.25) is 9.59 Å². The summed E-state index contributed by atoms with van der Waals surface area (Å²) in [4.78, 5) is 26.6. The smallest absolute Gasteiger partial charge is 0.247 e. The van der Waals surface area contributed by atoms with Crippen LogP contribution in [0.3, 0.4) is 0 Å². The molecule has 5 nitrogen and oxygen atoms in total. The highest BCUT2D eigenvalue weighted by atomic mass is 35.5. The van der Waals surface area contributed by atoms with Crippen molar-refractivity contribution in [3.63, 3.8) is 0 Å². The maximum atomic E-state index is 13.3. The molecule has 0 aromatic heterocycles. The van der Waals surface area contributed by atoms with Crippen molar-refractivity contribution in [3.8, 4) is 0 Å². The van der Waals surface area contributed by atoms with Crippen molar-refractivity contribution in [3.05, 3.63) is 70.5 Å². The lowest BCUT2D eigenvalue weighted by molar-refractivity contribution is -0.133. The van der Waals surface area contributed by atoms with Crippen LogP contribution in [0.4, 0.5) is 10.1 Å². The summed E-state index contributed by atoms with van der Waals surface area (Å²) in [5.74, 6) is -0.620. The number of halogens is 2. The van der Waals surface area contributed by atoms with Gasteiger partial charge >= 0.3 is 0 Å². The Morgan fingerprint density at radius 3 is 2.68 bits per heavy atom. The third-order valence-corrected chi connectivity index (χ3v) is 5.67. The zero-order valence-corrected chi connectivity index (χ0v) is 18.7. The van der Waals surface area contributed by atoms with Crippen LogP contribution in [0.25, 0.3) is 6.08 Å². The van der Waals surface area contributed by atoms with Crippen LogP contribution in [0.1, 0.15) is 31.9 Å². The van der Waals surface area contributed by atoms with Crippen LogP contribution in [0.2, 0.25) is 5.02 Å². The lowest BCUT2D eigenvalue weighted by atomic mass is 9.87. The van der Waals surface area contributed by atoms with Crippen LogP contribution in [0, 0.1) is 5.82 Å². The van der Waals surface area contributed by atoms with Crippen LogP contribution >= 0.6 is 11.6 Å². The fraction of sp³-hybridized carbons (Fsp3) is 0.333. The first-order valence-corrected chi connectivity index (χ1v) is 10.6. The van der Waals surface area contributed by atoms with Crippen molar-refractivity contribution in [1.29, 1.82) is 0 Å². The molecule has 0 saturated carbocycles. The number of nitrogens with zero attached hydrogens (tertiary/aromatic N) is 1. The van der Waals surface area contributed by atoms with Gasteiger partial charge in [0.25, 0.3) is 0 Å². The third kappa shape index (κ3) is 5.93. The molecular weight excluding hydrogens is 417 g/mol. The number of carbonyl (C=O) groups excluding carboxylic acids is 2. The molecule has 0 aliphatic carbocycles. The lowest BCUT2D eigenvalue weighted by Gasteiger charge is -2.47. The Bertz CT molecular complexity index is 993. The van der Waals surface area contributed by atoms with Gasteiger partial charge in [0.15, 0.2) is 0 Å². The predicted octanol–water partition coefficient (Wildman–Crippen LogP) is 4.27. The zero-order valence-electron chi connectivity index (χ0n) is 17.9. The Balaban J connectivity index is 1.83. The SMILES string of the molecule is CC(=O)Nc1cc(Cl)ccc1C=CC(=O)N1C[C@@H](C)NC[C@]1(C)Cc1ccc(F)cc1. The third-order valence-electron chi connectivity index (χ3n) is 5.44. The number of rotatable bonds is 5. The molecule has 0 unspecified atom stereocenters. The number of hydrogen-bond acceptors (Lipinski definition) is 3. The second-order valence-electron chi connectivity index (χ2n) is 8.28. The first kappa shape index (κ1) is 23.0. The minimum Gasteiger partial charge on any atom is -0.331 e. The van der Waals surface area contributed by atoms with E-state index in [-0.39, 0.29) is 23.7 Å². The van der Waals surface area contributed by atoms with E-state index in [1.807, 2.05) is 18.7 Å². The van der Waals surface area contributed by atoms with Gasteiger partial charge in [0.2, 0.25) is 11.8 Å². The molecule has 164 valence electrons. The van der Waals surface area contributed by atoms with Crippen LogP contribution in [0.15, 0.2) is 48.5 Å². The Labute approximate surface area is 187 Å². The van der Waals surface area contributed by atoms with Gasteiger partial charge in [-0.05, 0) is 61.7 Å². The van der Waals surface area contributed by atoms with E-state index in [0.29, 0.717) is 35.8 Å². The van der Waals surface area contributed by atoms with Gasteiger partial charge in [-0.2, -0.15) is 0 Å². The number of amides is 2. The van der Waals surface area contributed by atoms with Gasteiger partial charge < -0.3 is 15.5 Å². The molecular formula is C24H27ClFN3O2. The number of carbonyl (C=O) groups is 2. The zero-order chi connectivity index (χ0) is 22.6. The molecule has 31 heavy (non-hydrogen) atoms. The van der Waals surface area contributed by atoms with Crippen molar-refractivity contribution >= 4 is 35.2 Å². The first-order chi connectivity index (χ1) is 14.7. The highest BCUT2D eigenvalue weighted by molar-refractivity contribution is 6.31. The average Bonchev–Trinajstić information content (AvgIpc) is 2.70. The van der Waals surface area contributed by atoms with Gasteiger partial charge in [-0.1, -0.05) is 29.8 Å². The highest BCUT2D eigenvalue weighted by Crippen LogP contribution is 2.26. The van der Waals surface area contributed by atoms with Gasteiger partial charge in [-0.15, -0.1) is 0 Å². The van der Waals surface area contributed by atoms with E-state index in [4.69, 9.17) is 11.6 Å². The number of piperazine rings is 1. The number of hydrogen-bond donors (Lipinski definition) is 2. The minimum atomic E-state index is -0.466. The van der Waals surface area contributed by atoms with Crippen molar-refractivity contribution in [2.75, 3.05) is 18.4 Å². The molecule has 3 rings (SSSR count). The second-order valence-corrected chi connectivity index (χ2v) is 8.71. The summed E-state index contributed by atoms with van der Waals surface area (Å²) >= 11 is 6.04. The first-order valence-electron chi connectivity index (χ1n) is 10.2.